The highest BCUT2D eigenvalue weighted by molar-refractivity contribution is 5.77. The Bertz CT molecular complexity index is 422. The summed E-state index contributed by atoms with van der Waals surface area (Å²) in [6.45, 7) is 5.76. The zero-order valence-electron chi connectivity index (χ0n) is 12.0. The molecule has 1 amide bonds. The molecule has 1 aromatic rings. The van der Waals surface area contributed by atoms with Gasteiger partial charge in [-0.15, -0.1) is 0 Å². The van der Waals surface area contributed by atoms with Gasteiger partial charge in [0.05, 0.1) is 12.3 Å². The van der Waals surface area contributed by atoms with Gasteiger partial charge in [0.1, 0.15) is 5.75 Å². The lowest BCUT2D eigenvalue weighted by molar-refractivity contribution is -0.123. The molecule has 0 bridgehead atoms. The molecule has 2 atom stereocenters. The number of aromatic nitrogens is 1. The van der Waals surface area contributed by atoms with E-state index in [1.54, 1.807) is 24.5 Å². The Balaban J connectivity index is 1.70. The molecule has 1 N–H and O–H groups in total. The van der Waals surface area contributed by atoms with Gasteiger partial charge in [0.2, 0.25) is 0 Å². The van der Waals surface area contributed by atoms with Crippen molar-refractivity contribution in [2.75, 3.05) is 19.8 Å². The lowest BCUT2D eigenvalue weighted by Gasteiger charge is -2.22. The lowest BCUT2D eigenvalue weighted by atomic mass is 9.93. The van der Waals surface area contributed by atoms with E-state index in [4.69, 9.17) is 9.47 Å². The Morgan fingerprint density at radius 1 is 1.60 bits per heavy atom. The van der Waals surface area contributed by atoms with Crippen LogP contribution in [-0.4, -0.2) is 36.8 Å². The van der Waals surface area contributed by atoms with Crippen LogP contribution in [0.2, 0.25) is 0 Å². The smallest absolute Gasteiger partial charge is 0.257 e. The first-order valence-electron chi connectivity index (χ1n) is 7.08. The molecule has 20 heavy (non-hydrogen) atoms. The van der Waals surface area contributed by atoms with Crippen molar-refractivity contribution >= 4 is 5.91 Å². The van der Waals surface area contributed by atoms with E-state index in [0.29, 0.717) is 24.1 Å². The Morgan fingerprint density at radius 3 is 3.15 bits per heavy atom. The van der Waals surface area contributed by atoms with Gasteiger partial charge in [-0.25, -0.2) is 0 Å². The summed E-state index contributed by atoms with van der Waals surface area (Å²) in [6.07, 6.45) is 4.51. The third-order valence-corrected chi connectivity index (χ3v) is 3.49. The number of hydrogen-bond donors (Lipinski definition) is 1. The molecular weight excluding hydrogens is 256 g/mol. The highest BCUT2D eigenvalue weighted by Crippen LogP contribution is 2.25. The summed E-state index contributed by atoms with van der Waals surface area (Å²) in [5, 5.41) is 2.92. The third-order valence-electron chi connectivity index (χ3n) is 3.49. The summed E-state index contributed by atoms with van der Waals surface area (Å²) in [6, 6.07) is 3.55. The quantitative estimate of drug-likeness (QED) is 0.859. The van der Waals surface area contributed by atoms with Gasteiger partial charge in [0.15, 0.2) is 6.61 Å². The van der Waals surface area contributed by atoms with Gasteiger partial charge in [-0.2, -0.15) is 0 Å². The number of hydrogen-bond acceptors (Lipinski definition) is 4. The van der Waals surface area contributed by atoms with Crippen molar-refractivity contribution in [2.24, 2.45) is 11.8 Å². The third kappa shape index (κ3) is 4.20. The second-order valence-electron chi connectivity index (χ2n) is 5.41. The average Bonchev–Trinajstić information content (AvgIpc) is 2.92. The summed E-state index contributed by atoms with van der Waals surface area (Å²) in [7, 11) is 0. The zero-order chi connectivity index (χ0) is 14.4. The second-order valence-corrected chi connectivity index (χ2v) is 5.41. The molecule has 0 saturated carbocycles. The molecule has 0 aromatic carbocycles. The zero-order valence-corrected chi connectivity index (χ0v) is 12.0. The van der Waals surface area contributed by atoms with E-state index in [1.165, 1.54) is 0 Å². The van der Waals surface area contributed by atoms with Crippen molar-refractivity contribution in [2.45, 2.75) is 26.4 Å². The van der Waals surface area contributed by atoms with Gasteiger partial charge in [0.25, 0.3) is 5.91 Å². The summed E-state index contributed by atoms with van der Waals surface area (Å²) in [5.74, 6) is 1.37. The maximum atomic E-state index is 11.8. The van der Waals surface area contributed by atoms with E-state index in [-0.39, 0.29) is 18.6 Å². The van der Waals surface area contributed by atoms with Gasteiger partial charge in [-0.05, 0) is 24.5 Å². The van der Waals surface area contributed by atoms with E-state index >= 15 is 0 Å². The summed E-state index contributed by atoms with van der Waals surface area (Å²) < 4.78 is 11.0. The van der Waals surface area contributed by atoms with Crippen LogP contribution in [0.1, 0.15) is 20.3 Å². The van der Waals surface area contributed by atoms with Crippen molar-refractivity contribution in [1.29, 1.82) is 0 Å². The first-order chi connectivity index (χ1) is 9.66. The van der Waals surface area contributed by atoms with Crippen LogP contribution in [0.25, 0.3) is 0 Å². The van der Waals surface area contributed by atoms with E-state index < -0.39 is 0 Å². The molecule has 2 rings (SSSR count). The molecule has 0 aliphatic carbocycles. The fraction of sp³-hybridized carbons (Fsp3) is 0.600. The van der Waals surface area contributed by atoms with Crippen LogP contribution in [0.5, 0.6) is 5.75 Å². The minimum absolute atomic E-state index is 0.0195. The van der Waals surface area contributed by atoms with Crippen molar-refractivity contribution in [1.82, 2.24) is 10.3 Å². The molecule has 0 radical (unpaired) electrons. The molecule has 2 heterocycles. The van der Waals surface area contributed by atoms with Crippen LogP contribution in [0, 0.1) is 11.8 Å². The number of carbonyl (C=O) groups excluding carboxylic acids is 1. The standard InChI is InChI=1S/C15H22N2O3/c1-11(2)15-12(5-7-19-15)8-17-14(18)10-20-13-4-3-6-16-9-13/h3-4,6,9,11-12,15H,5,7-8,10H2,1-2H3,(H,17,18)/t12-,15-/m1/s1. The van der Waals surface area contributed by atoms with Crippen LogP contribution < -0.4 is 10.1 Å². The number of rotatable bonds is 6. The molecule has 1 fully saturated rings. The summed E-state index contributed by atoms with van der Waals surface area (Å²) in [4.78, 5) is 15.7. The predicted molar refractivity (Wildman–Crippen MR) is 75.4 cm³/mol. The maximum Gasteiger partial charge on any atom is 0.257 e. The molecule has 5 heteroatoms. The molecule has 1 aliphatic rings. The van der Waals surface area contributed by atoms with Gasteiger partial charge < -0.3 is 14.8 Å². The monoisotopic (exact) mass is 278 g/mol. The molecular formula is C15H22N2O3. The van der Waals surface area contributed by atoms with Crippen molar-refractivity contribution in [3.63, 3.8) is 0 Å². The number of nitrogens with one attached hydrogen (secondary N) is 1. The van der Waals surface area contributed by atoms with Crippen LogP contribution in [-0.2, 0) is 9.53 Å². The fourth-order valence-corrected chi connectivity index (χ4v) is 2.49. The van der Waals surface area contributed by atoms with Gasteiger partial charge in [0, 0.05) is 25.3 Å². The van der Waals surface area contributed by atoms with E-state index in [2.05, 4.69) is 24.1 Å². The van der Waals surface area contributed by atoms with Crippen LogP contribution >= 0.6 is 0 Å². The Labute approximate surface area is 119 Å². The van der Waals surface area contributed by atoms with Gasteiger partial charge in [-0.3, -0.25) is 9.78 Å². The number of pyridine rings is 1. The number of nitrogens with zero attached hydrogens (tertiary/aromatic N) is 1. The topological polar surface area (TPSA) is 60.5 Å². The minimum atomic E-state index is -0.108. The minimum Gasteiger partial charge on any atom is -0.482 e. The second kappa shape index (κ2) is 7.24. The van der Waals surface area contributed by atoms with Gasteiger partial charge in [-0.1, -0.05) is 13.8 Å². The molecule has 1 aromatic heterocycles. The number of carbonyl (C=O) groups is 1. The SMILES string of the molecule is CC(C)[C@H]1OCC[C@@H]1CNC(=O)COc1cccnc1. The average molecular weight is 278 g/mol. The van der Waals surface area contributed by atoms with Gasteiger partial charge >= 0.3 is 0 Å². The molecule has 1 aliphatic heterocycles. The Hall–Kier alpha value is -1.62. The van der Waals surface area contributed by atoms with E-state index in [0.717, 1.165) is 13.0 Å². The Kier molecular flexibility index (Phi) is 5.35. The molecule has 1 saturated heterocycles. The predicted octanol–water partition coefficient (Wildman–Crippen LogP) is 1.64. The lowest BCUT2D eigenvalue weighted by Crippen LogP contribution is -2.37. The van der Waals surface area contributed by atoms with E-state index in [1.807, 2.05) is 0 Å². The Morgan fingerprint density at radius 2 is 2.45 bits per heavy atom. The fourth-order valence-electron chi connectivity index (χ4n) is 2.49. The number of ether oxygens (including phenoxy) is 2. The first kappa shape index (κ1) is 14.8. The molecule has 110 valence electrons. The van der Waals surface area contributed by atoms with Crippen LogP contribution in [0.3, 0.4) is 0 Å². The molecule has 5 nitrogen and oxygen atoms in total. The van der Waals surface area contributed by atoms with Crippen LogP contribution in [0.15, 0.2) is 24.5 Å². The molecule has 0 unspecified atom stereocenters. The number of amides is 1. The van der Waals surface area contributed by atoms with Crippen molar-refractivity contribution < 1.29 is 14.3 Å². The first-order valence-corrected chi connectivity index (χ1v) is 7.08. The highest BCUT2D eigenvalue weighted by atomic mass is 16.5. The maximum absolute atomic E-state index is 11.8. The van der Waals surface area contributed by atoms with E-state index in [9.17, 15) is 4.79 Å². The summed E-state index contributed by atoms with van der Waals surface area (Å²) in [5.41, 5.74) is 0. The molecule has 0 spiro atoms. The normalized spacial score (nSPS) is 21.9. The van der Waals surface area contributed by atoms with Crippen LogP contribution in [0.4, 0.5) is 0 Å². The summed E-state index contributed by atoms with van der Waals surface area (Å²) >= 11 is 0. The van der Waals surface area contributed by atoms with Crippen molar-refractivity contribution in [3.05, 3.63) is 24.5 Å². The highest BCUT2D eigenvalue weighted by Gasteiger charge is 2.30. The largest absolute Gasteiger partial charge is 0.482 e. The van der Waals surface area contributed by atoms with Crippen molar-refractivity contribution in [3.8, 4) is 5.75 Å².